The Balaban J connectivity index is 0.946. The topological polar surface area (TPSA) is 48.9 Å². The van der Waals surface area contributed by atoms with Gasteiger partial charge in [-0.25, -0.2) is 0 Å². The molecule has 0 fully saturated rings. The van der Waals surface area contributed by atoms with E-state index in [9.17, 15) is 9.59 Å². The second-order valence-corrected chi connectivity index (χ2v) is 14.5. The van der Waals surface area contributed by atoms with Crippen molar-refractivity contribution in [2.45, 2.75) is 0 Å². The lowest BCUT2D eigenvalue weighted by Crippen LogP contribution is -2.04. The summed E-state index contributed by atoms with van der Waals surface area (Å²) in [6.07, 6.45) is 0. The Morgan fingerprint density at radius 2 is 0.643 bits per heavy atom. The first-order valence-electron chi connectivity index (χ1n) is 18.8. The highest BCUT2D eigenvalue weighted by atomic mass is 16.1. The predicted molar refractivity (Wildman–Crippen MR) is 229 cm³/mol. The molecule has 0 aliphatic rings. The number of carbonyl (C=O) groups excluding carboxylic acids is 2. The van der Waals surface area contributed by atoms with Crippen molar-refractivity contribution in [3.8, 4) is 11.4 Å². The largest absolute Gasteiger partial charge is 0.344 e. The van der Waals surface area contributed by atoms with Gasteiger partial charge in [0.1, 0.15) is 0 Å². The maximum Gasteiger partial charge on any atom is 0.193 e. The lowest BCUT2D eigenvalue weighted by molar-refractivity contribution is 0.103. The molecule has 0 bridgehead atoms. The maximum atomic E-state index is 14.2. The zero-order chi connectivity index (χ0) is 37.5. The lowest BCUT2D eigenvalue weighted by Gasteiger charge is -2.10. The molecule has 3 heterocycles. The normalized spacial score (nSPS) is 11.8. The Labute approximate surface area is 321 Å². The number of para-hydroxylation sites is 4. The summed E-state index contributed by atoms with van der Waals surface area (Å²) < 4.78 is 6.55. The van der Waals surface area contributed by atoms with Crippen LogP contribution < -0.4 is 0 Å². The molecular weight excluding hydrogens is 687 g/mol. The minimum Gasteiger partial charge on any atom is -0.344 e. The number of benzene rings is 8. The fraction of sp³-hybridized carbons (Fsp3) is 0.0196. The van der Waals surface area contributed by atoms with E-state index in [1.165, 1.54) is 21.5 Å². The van der Waals surface area contributed by atoms with Crippen LogP contribution in [0.25, 0.3) is 76.8 Å². The molecule has 0 unspecified atom stereocenters. The van der Waals surface area contributed by atoms with Gasteiger partial charge in [-0.3, -0.25) is 9.59 Å². The Morgan fingerprint density at radius 3 is 1.02 bits per heavy atom. The first-order chi connectivity index (χ1) is 27.5. The van der Waals surface area contributed by atoms with Crippen LogP contribution in [0.2, 0.25) is 0 Å². The van der Waals surface area contributed by atoms with E-state index in [-0.39, 0.29) is 11.6 Å². The van der Waals surface area contributed by atoms with Crippen molar-refractivity contribution in [2.24, 2.45) is 7.05 Å². The third kappa shape index (κ3) is 4.74. The van der Waals surface area contributed by atoms with Crippen LogP contribution in [0.15, 0.2) is 182 Å². The molecule has 0 spiro atoms. The van der Waals surface area contributed by atoms with Gasteiger partial charge in [-0.1, -0.05) is 121 Å². The van der Waals surface area contributed by atoms with Gasteiger partial charge in [-0.05, 0) is 60.7 Å². The molecular formula is C51H33N3O2. The second-order valence-electron chi connectivity index (χ2n) is 14.5. The van der Waals surface area contributed by atoms with E-state index in [1.807, 2.05) is 79.8 Å². The van der Waals surface area contributed by atoms with Crippen molar-refractivity contribution in [3.63, 3.8) is 0 Å². The molecule has 3 aromatic heterocycles. The van der Waals surface area contributed by atoms with Gasteiger partial charge in [0.2, 0.25) is 0 Å². The van der Waals surface area contributed by atoms with Gasteiger partial charge in [0.05, 0.1) is 22.1 Å². The predicted octanol–water partition coefficient (Wildman–Crippen LogP) is 12.0. The molecule has 0 saturated heterocycles. The van der Waals surface area contributed by atoms with E-state index >= 15 is 0 Å². The van der Waals surface area contributed by atoms with Crippen molar-refractivity contribution >= 4 is 77.0 Å². The van der Waals surface area contributed by atoms with E-state index in [2.05, 4.69) is 123 Å². The summed E-state index contributed by atoms with van der Waals surface area (Å²) in [4.78, 5) is 28.3. The van der Waals surface area contributed by atoms with E-state index in [0.29, 0.717) is 22.3 Å². The third-order valence-corrected chi connectivity index (χ3v) is 11.4. The average Bonchev–Trinajstić information content (AvgIpc) is 3.88. The molecule has 5 nitrogen and oxygen atoms in total. The van der Waals surface area contributed by atoms with Gasteiger partial charge in [-0.2, -0.15) is 0 Å². The summed E-state index contributed by atoms with van der Waals surface area (Å²) in [5.74, 6) is -0.0856. The fourth-order valence-electron chi connectivity index (χ4n) is 8.79. The van der Waals surface area contributed by atoms with Crippen LogP contribution in [-0.4, -0.2) is 25.3 Å². The summed E-state index contributed by atoms with van der Waals surface area (Å²) >= 11 is 0. The van der Waals surface area contributed by atoms with Crippen LogP contribution in [-0.2, 0) is 7.05 Å². The Hall–Kier alpha value is -7.50. The molecule has 11 aromatic rings. The smallest absolute Gasteiger partial charge is 0.193 e. The quantitative estimate of drug-likeness (QED) is 0.161. The molecule has 56 heavy (non-hydrogen) atoms. The second kappa shape index (κ2) is 12.3. The van der Waals surface area contributed by atoms with Gasteiger partial charge in [-0.15, -0.1) is 0 Å². The number of hydrogen-bond acceptors (Lipinski definition) is 2. The van der Waals surface area contributed by atoms with Crippen molar-refractivity contribution in [3.05, 3.63) is 204 Å². The Bertz CT molecular complexity index is 3100. The number of nitrogens with zero attached hydrogens (tertiary/aromatic N) is 3. The van der Waals surface area contributed by atoms with Crippen LogP contribution in [0.3, 0.4) is 0 Å². The minimum atomic E-state index is -0.0428. The van der Waals surface area contributed by atoms with Crippen molar-refractivity contribution < 1.29 is 9.59 Å². The molecule has 0 aliphatic carbocycles. The van der Waals surface area contributed by atoms with Gasteiger partial charge >= 0.3 is 0 Å². The zero-order valence-corrected chi connectivity index (χ0v) is 30.5. The number of fused-ring (bicyclic) bond motifs is 9. The maximum absolute atomic E-state index is 14.2. The van der Waals surface area contributed by atoms with Crippen LogP contribution in [0.1, 0.15) is 31.8 Å². The summed E-state index contributed by atoms with van der Waals surface area (Å²) in [6.45, 7) is 0. The fourth-order valence-corrected chi connectivity index (χ4v) is 8.79. The van der Waals surface area contributed by atoms with Crippen LogP contribution in [0, 0.1) is 0 Å². The molecule has 264 valence electrons. The molecule has 0 radical (unpaired) electrons. The Morgan fingerprint density at radius 1 is 0.321 bits per heavy atom. The van der Waals surface area contributed by atoms with Crippen LogP contribution >= 0.6 is 0 Å². The highest BCUT2D eigenvalue weighted by Crippen LogP contribution is 2.35. The highest BCUT2D eigenvalue weighted by Gasteiger charge is 2.19. The first kappa shape index (κ1) is 32.0. The number of rotatable bonds is 6. The van der Waals surface area contributed by atoms with Gasteiger partial charge in [0.25, 0.3) is 0 Å². The van der Waals surface area contributed by atoms with Gasteiger partial charge in [0.15, 0.2) is 11.6 Å². The van der Waals surface area contributed by atoms with E-state index in [4.69, 9.17) is 0 Å². The number of aryl methyl sites for hydroxylation is 1. The van der Waals surface area contributed by atoms with Crippen LogP contribution in [0.4, 0.5) is 0 Å². The summed E-state index contributed by atoms with van der Waals surface area (Å²) in [7, 11) is 2.00. The van der Waals surface area contributed by atoms with E-state index < -0.39 is 0 Å². The molecule has 0 N–H and O–H groups in total. The molecule has 0 amide bonds. The molecule has 11 rings (SSSR count). The summed E-state index contributed by atoms with van der Waals surface area (Å²) in [6, 6.07) is 61.2. The van der Waals surface area contributed by atoms with Crippen molar-refractivity contribution in [1.82, 2.24) is 13.7 Å². The third-order valence-electron chi connectivity index (χ3n) is 11.4. The average molecular weight is 720 g/mol. The minimum absolute atomic E-state index is 0.0428. The number of aromatic nitrogens is 3. The SMILES string of the molecule is Cn1c2cc(C(=O)c3cccc(-n4c5ccccc5c5ccccc54)c3)ccc2c2ccc(C(=O)c3cccc(-n4c5ccccc5c5ccccc54)c3)cc21. The molecule has 5 heteroatoms. The molecule has 0 atom stereocenters. The highest BCUT2D eigenvalue weighted by molar-refractivity contribution is 6.17. The van der Waals surface area contributed by atoms with Gasteiger partial charge in [0, 0.05) is 84.0 Å². The zero-order valence-electron chi connectivity index (χ0n) is 30.5. The Kier molecular flexibility index (Phi) is 7.00. The summed E-state index contributed by atoms with van der Waals surface area (Å²) in [5, 5.41) is 6.78. The summed E-state index contributed by atoms with van der Waals surface area (Å²) in [5.41, 5.74) is 10.6. The number of hydrogen-bond donors (Lipinski definition) is 0. The van der Waals surface area contributed by atoms with E-state index in [1.54, 1.807) is 0 Å². The van der Waals surface area contributed by atoms with E-state index in [0.717, 1.165) is 55.2 Å². The number of ketones is 2. The molecule has 0 saturated carbocycles. The monoisotopic (exact) mass is 719 g/mol. The first-order valence-corrected chi connectivity index (χ1v) is 18.8. The van der Waals surface area contributed by atoms with Crippen molar-refractivity contribution in [2.75, 3.05) is 0 Å². The standard InChI is InChI=1S/C51H33N3O2/c1-52-48-30-34(50(55)32-12-10-14-36(28-32)53-44-20-6-2-16-38(44)39-17-3-7-21-45(39)53)24-26-42(48)43-27-25-35(31-49(43)52)51(56)33-13-11-15-37(29-33)54-46-22-8-4-18-40(46)41-19-5-9-23-47(41)54/h2-31H,1H3. The van der Waals surface area contributed by atoms with Crippen LogP contribution in [0.5, 0.6) is 0 Å². The molecule has 0 aliphatic heterocycles. The van der Waals surface area contributed by atoms with Crippen molar-refractivity contribution in [1.29, 1.82) is 0 Å². The van der Waals surface area contributed by atoms with Gasteiger partial charge < -0.3 is 13.7 Å². The molecule has 8 aromatic carbocycles. The number of carbonyl (C=O) groups is 2. The lowest BCUT2D eigenvalue weighted by atomic mass is 9.99.